The number of ether oxygens (including phenoxy) is 1. The molecule has 0 saturated heterocycles. The lowest BCUT2D eigenvalue weighted by Crippen LogP contribution is -1.97. The first-order chi connectivity index (χ1) is 10.3. The summed E-state index contributed by atoms with van der Waals surface area (Å²) in [6.45, 7) is 0.513. The van der Waals surface area contributed by atoms with Crippen molar-refractivity contribution < 1.29 is 4.74 Å². The van der Waals surface area contributed by atoms with Crippen LogP contribution >= 0.6 is 0 Å². The normalized spacial score (nSPS) is 10.3. The van der Waals surface area contributed by atoms with Crippen LogP contribution in [0.25, 0.3) is 11.3 Å². The van der Waals surface area contributed by atoms with Crippen molar-refractivity contribution in [1.82, 2.24) is 4.98 Å². The van der Waals surface area contributed by atoms with Crippen molar-refractivity contribution in [3.8, 4) is 17.1 Å². The first kappa shape index (κ1) is 13.2. The Balaban J connectivity index is 1.75. The Kier molecular flexibility index (Phi) is 3.83. The van der Waals surface area contributed by atoms with Gasteiger partial charge in [0.15, 0.2) is 0 Å². The zero-order valence-electron chi connectivity index (χ0n) is 11.6. The van der Waals surface area contributed by atoms with Crippen molar-refractivity contribution >= 4 is 5.69 Å². The van der Waals surface area contributed by atoms with Gasteiger partial charge in [-0.25, -0.2) is 4.98 Å². The minimum Gasteiger partial charge on any atom is -0.473 e. The molecule has 3 heteroatoms. The van der Waals surface area contributed by atoms with Crippen molar-refractivity contribution in [2.75, 3.05) is 5.73 Å². The Morgan fingerprint density at radius 1 is 0.810 bits per heavy atom. The Bertz CT molecular complexity index is 709. The molecule has 0 aliphatic heterocycles. The number of nitrogen functional groups attached to an aromatic ring is 1. The van der Waals surface area contributed by atoms with Gasteiger partial charge in [-0.15, -0.1) is 0 Å². The molecule has 3 nitrogen and oxygen atoms in total. The highest BCUT2D eigenvalue weighted by Gasteiger charge is 2.02. The Labute approximate surface area is 124 Å². The van der Waals surface area contributed by atoms with Crippen molar-refractivity contribution in [1.29, 1.82) is 0 Å². The van der Waals surface area contributed by atoms with Gasteiger partial charge in [0.25, 0.3) is 0 Å². The number of nitrogens with zero attached hydrogens (tertiary/aromatic N) is 1. The lowest BCUT2D eigenvalue weighted by molar-refractivity contribution is 0.294. The molecular formula is C18H16N2O. The van der Waals surface area contributed by atoms with Gasteiger partial charge in [0.2, 0.25) is 5.88 Å². The van der Waals surface area contributed by atoms with Crippen LogP contribution in [0.1, 0.15) is 5.56 Å². The fourth-order valence-corrected chi connectivity index (χ4v) is 2.04. The molecule has 104 valence electrons. The average Bonchev–Trinajstić information content (AvgIpc) is 2.55. The van der Waals surface area contributed by atoms with Gasteiger partial charge in [-0.3, -0.25) is 0 Å². The SMILES string of the molecule is Nc1ccc(-c2cccc(OCc3ccccc3)n2)cc1. The van der Waals surface area contributed by atoms with Crippen LogP contribution in [0.5, 0.6) is 5.88 Å². The van der Waals surface area contributed by atoms with E-state index in [4.69, 9.17) is 10.5 Å². The van der Waals surface area contributed by atoms with Gasteiger partial charge < -0.3 is 10.5 Å². The van der Waals surface area contributed by atoms with Crippen LogP contribution in [0, 0.1) is 0 Å². The van der Waals surface area contributed by atoms with E-state index in [1.807, 2.05) is 72.8 Å². The summed E-state index contributed by atoms with van der Waals surface area (Å²) < 4.78 is 5.74. The summed E-state index contributed by atoms with van der Waals surface area (Å²) in [5, 5.41) is 0. The molecule has 0 fully saturated rings. The van der Waals surface area contributed by atoms with E-state index in [1.54, 1.807) is 0 Å². The number of aromatic nitrogens is 1. The van der Waals surface area contributed by atoms with Crippen LogP contribution in [-0.4, -0.2) is 4.98 Å². The predicted molar refractivity (Wildman–Crippen MR) is 84.9 cm³/mol. The molecule has 0 atom stereocenters. The number of pyridine rings is 1. The maximum Gasteiger partial charge on any atom is 0.214 e. The van der Waals surface area contributed by atoms with E-state index in [0.717, 1.165) is 22.5 Å². The molecule has 0 radical (unpaired) electrons. The maximum atomic E-state index is 5.74. The largest absolute Gasteiger partial charge is 0.473 e. The Hall–Kier alpha value is -2.81. The average molecular weight is 276 g/mol. The Morgan fingerprint density at radius 3 is 2.33 bits per heavy atom. The number of hydrogen-bond donors (Lipinski definition) is 1. The smallest absolute Gasteiger partial charge is 0.214 e. The highest BCUT2D eigenvalue weighted by Crippen LogP contribution is 2.21. The standard InChI is InChI=1S/C18H16N2O/c19-16-11-9-15(10-12-16)17-7-4-8-18(20-17)21-13-14-5-2-1-3-6-14/h1-12H,13,19H2. The number of anilines is 1. The molecule has 2 N–H and O–H groups in total. The number of rotatable bonds is 4. The quantitative estimate of drug-likeness (QED) is 0.735. The lowest BCUT2D eigenvalue weighted by Gasteiger charge is -2.07. The van der Waals surface area contributed by atoms with Gasteiger partial charge in [0, 0.05) is 17.3 Å². The van der Waals surface area contributed by atoms with Gasteiger partial charge in [-0.05, 0) is 23.8 Å². The van der Waals surface area contributed by atoms with Crippen LogP contribution < -0.4 is 10.5 Å². The van der Waals surface area contributed by atoms with E-state index in [-0.39, 0.29) is 0 Å². The summed E-state index contributed by atoms with van der Waals surface area (Å²) in [4.78, 5) is 4.52. The second kappa shape index (κ2) is 6.09. The molecule has 0 aliphatic rings. The summed E-state index contributed by atoms with van der Waals surface area (Å²) in [5.74, 6) is 0.619. The van der Waals surface area contributed by atoms with E-state index in [2.05, 4.69) is 4.98 Å². The van der Waals surface area contributed by atoms with E-state index in [9.17, 15) is 0 Å². The molecule has 1 heterocycles. The number of nitrogens with two attached hydrogens (primary N) is 1. The van der Waals surface area contributed by atoms with Crippen LogP contribution in [0.4, 0.5) is 5.69 Å². The van der Waals surface area contributed by atoms with Gasteiger partial charge in [-0.2, -0.15) is 0 Å². The first-order valence-electron chi connectivity index (χ1n) is 6.81. The summed E-state index contributed by atoms with van der Waals surface area (Å²) >= 11 is 0. The third kappa shape index (κ3) is 3.39. The fraction of sp³-hybridized carbons (Fsp3) is 0.0556. The van der Waals surface area contributed by atoms with Crippen LogP contribution in [0.2, 0.25) is 0 Å². The Morgan fingerprint density at radius 2 is 1.57 bits per heavy atom. The van der Waals surface area contributed by atoms with Gasteiger partial charge in [0.05, 0.1) is 5.69 Å². The minimum atomic E-state index is 0.513. The van der Waals surface area contributed by atoms with E-state index >= 15 is 0 Å². The zero-order valence-corrected chi connectivity index (χ0v) is 11.6. The van der Waals surface area contributed by atoms with Crippen molar-refractivity contribution in [2.24, 2.45) is 0 Å². The molecule has 2 aromatic carbocycles. The number of hydrogen-bond acceptors (Lipinski definition) is 3. The molecule has 0 spiro atoms. The molecular weight excluding hydrogens is 260 g/mol. The van der Waals surface area contributed by atoms with E-state index in [1.165, 1.54) is 0 Å². The van der Waals surface area contributed by atoms with Crippen molar-refractivity contribution in [2.45, 2.75) is 6.61 Å². The lowest BCUT2D eigenvalue weighted by atomic mass is 10.1. The molecule has 0 amide bonds. The van der Waals surface area contributed by atoms with Gasteiger partial charge in [0.1, 0.15) is 6.61 Å². The first-order valence-corrected chi connectivity index (χ1v) is 6.81. The van der Waals surface area contributed by atoms with Crippen LogP contribution in [0.15, 0.2) is 72.8 Å². The van der Waals surface area contributed by atoms with Crippen molar-refractivity contribution in [3.63, 3.8) is 0 Å². The minimum absolute atomic E-state index is 0.513. The zero-order chi connectivity index (χ0) is 14.5. The van der Waals surface area contributed by atoms with Crippen LogP contribution in [0.3, 0.4) is 0 Å². The van der Waals surface area contributed by atoms with E-state index in [0.29, 0.717) is 12.5 Å². The summed E-state index contributed by atoms with van der Waals surface area (Å²) in [6, 6.07) is 23.5. The monoisotopic (exact) mass is 276 g/mol. The predicted octanol–water partition coefficient (Wildman–Crippen LogP) is 3.91. The third-order valence-corrected chi connectivity index (χ3v) is 3.16. The topological polar surface area (TPSA) is 48.1 Å². The second-order valence-electron chi connectivity index (χ2n) is 4.76. The highest BCUT2D eigenvalue weighted by atomic mass is 16.5. The fourth-order valence-electron chi connectivity index (χ4n) is 2.04. The molecule has 1 aromatic heterocycles. The number of benzene rings is 2. The molecule has 21 heavy (non-hydrogen) atoms. The van der Waals surface area contributed by atoms with Gasteiger partial charge >= 0.3 is 0 Å². The summed E-state index contributed by atoms with van der Waals surface area (Å²) in [5.41, 5.74) is 9.47. The molecule has 3 rings (SSSR count). The summed E-state index contributed by atoms with van der Waals surface area (Å²) in [7, 11) is 0. The van der Waals surface area contributed by atoms with E-state index < -0.39 is 0 Å². The second-order valence-corrected chi connectivity index (χ2v) is 4.76. The molecule has 0 bridgehead atoms. The maximum absolute atomic E-state index is 5.74. The highest BCUT2D eigenvalue weighted by molar-refractivity contribution is 5.62. The molecule has 3 aromatic rings. The third-order valence-electron chi connectivity index (χ3n) is 3.16. The summed E-state index contributed by atoms with van der Waals surface area (Å²) in [6.07, 6.45) is 0. The molecule has 0 saturated carbocycles. The molecule has 0 unspecified atom stereocenters. The molecule has 0 aliphatic carbocycles. The van der Waals surface area contributed by atoms with Crippen LogP contribution in [-0.2, 0) is 6.61 Å². The van der Waals surface area contributed by atoms with Gasteiger partial charge in [-0.1, -0.05) is 48.5 Å². The van der Waals surface area contributed by atoms with Crippen molar-refractivity contribution in [3.05, 3.63) is 78.4 Å².